The highest BCUT2D eigenvalue weighted by Crippen LogP contribution is 2.33. The van der Waals surface area contributed by atoms with Gasteiger partial charge in [-0.3, -0.25) is 14.5 Å². The van der Waals surface area contributed by atoms with Crippen molar-refractivity contribution in [2.45, 2.75) is 26.4 Å². The third-order valence-corrected chi connectivity index (χ3v) is 5.66. The average Bonchev–Trinajstić information content (AvgIpc) is 3.02. The molecule has 1 aliphatic rings. The summed E-state index contributed by atoms with van der Waals surface area (Å²) in [4.78, 5) is 26.4. The van der Waals surface area contributed by atoms with E-state index in [0.717, 1.165) is 23.3 Å². The summed E-state index contributed by atoms with van der Waals surface area (Å²) in [5.41, 5.74) is 1.93. The second kappa shape index (κ2) is 10.9. The van der Waals surface area contributed by atoms with E-state index < -0.39 is 0 Å². The van der Waals surface area contributed by atoms with Crippen LogP contribution in [-0.2, 0) is 20.9 Å². The number of benzene rings is 2. The van der Waals surface area contributed by atoms with E-state index in [1.807, 2.05) is 61.5 Å². The molecule has 0 atom stereocenters. The molecule has 1 heterocycles. The van der Waals surface area contributed by atoms with Gasteiger partial charge in [0.2, 0.25) is 0 Å². The predicted molar refractivity (Wildman–Crippen MR) is 123 cm³/mol. The Hall–Kier alpha value is -2.64. The summed E-state index contributed by atoms with van der Waals surface area (Å²) in [5.74, 6) is 0.212. The summed E-state index contributed by atoms with van der Waals surface area (Å²) in [5, 5.41) is 0. The first-order valence-corrected chi connectivity index (χ1v) is 11.0. The maximum absolute atomic E-state index is 12.7. The van der Waals surface area contributed by atoms with E-state index in [1.165, 1.54) is 16.7 Å². The fraction of sp³-hybridized carbons (Fsp3) is 0.261. The topological polar surface area (TPSA) is 55.8 Å². The molecule has 1 amide bonds. The summed E-state index contributed by atoms with van der Waals surface area (Å²) in [6.45, 7) is 3.02. The number of hydrogen-bond donors (Lipinski definition) is 0. The zero-order valence-corrected chi connectivity index (χ0v) is 18.3. The molecule has 2 aromatic carbocycles. The van der Waals surface area contributed by atoms with Gasteiger partial charge in [-0.15, -0.1) is 0 Å². The Kier molecular flexibility index (Phi) is 8.04. The summed E-state index contributed by atoms with van der Waals surface area (Å²) in [6, 6.07) is 17.5. The number of amides is 1. The first-order valence-electron chi connectivity index (χ1n) is 9.74. The Morgan fingerprint density at radius 2 is 1.97 bits per heavy atom. The van der Waals surface area contributed by atoms with E-state index >= 15 is 0 Å². The van der Waals surface area contributed by atoms with Gasteiger partial charge in [0.25, 0.3) is 5.91 Å². The molecule has 0 spiro atoms. The molecule has 7 heteroatoms. The SMILES string of the molecule is CCCOC(=O)CCN1C(=O)/C(=C/c2cccc(OCc3ccccc3)c2)SC1=S. The van der Waals surface area contributed by atoms with E-state index in [4.69, 9.17) is 21.7 Å². The lowest BCUT2D eigenvalue weighted by atomic mass is 10.2. The number of hydrogen-bond acceptors (Lipinski definition) is 6. The molecule has 0 N–H and O–H groups in total. The van der Waals surface area contributed by atoms with Gasteiger partial charge in [0, 0.05) is 6.54 Å². The first-order chi connectivity index (χ1) is 14.6. The van der Waals surface area contributed by atoms with Gasteiger partial charge in [-0.25, -0.2) is 0 Å². The maximum Gasteiger partial charge on any atom is 0.307 e. The third kappa shape index (κ3) is 6.18. The molecule has 1 saturated heterocycles. The van der Waals surface area contributed by atoms with Crippen molar-refractivity contribution in [3.63, 3.8) is 0 Å². The quantitative estimate of drug-likeness (QED) is 0.316. The molecule has 30 heavy (non-hydrogen) atoms. The number of carbonyl (C=O) groups is 2. The van der Waals surface area contributed by atoms with Crippen LogP contribution in [0, 0.1) is 0 Å². The molecule has 0 aliphatic carbocycles. The highest BCUT2D eigenvalue weighted by molar-refractivity contribution is 8.26. The molecule has 3 rings (SSSR count). The molecule has 0 saturated carbocycles. The van der Waals surface area contributed by atoms with E-state index in [-0.39, 0.29) is 24.8 Å². The predicted octanol–water partition coefficient (Wildman–Crippen LogP) is 4.81. The van der Waals surface area contributed by atoms with E-state index in [0.29, 0.717) is 22.4 Å². The molecule has 0 unspecified atom stereocenters. The molecule has 0 aromatic heterocycles. The van der Waals surface area contributed by atoms with Crippen LogP contribution in [0.2, 0.25) is 0 Å². The summed E-state index contributed by atoms with van der Waals surface area (Å²) in [7, 11) is 0. The minimum absolute atomic E-state index is 0.128. The standard InChI is InChI=1S/C23H23NO4S2/c1-2-13-27-21(25)11-12-24-22(26)20(30-23(24)29)15-18-9-6-10-19(14-18)28-16-17-7-4-3-5-8-17/h3-10,14-15H,2,11-13,16H2,1H3/b20-15-. The lowest BCUT2D eigenvalue weighted by molar-refractivity contribution is -0.143. The molecule has 0 bridgehead atoms. The van der Waals surface area contributed by atoms with Crippen molar-refractivity contribution in [2.75, 3.05) is 13.2 Å². The number of thioether (sulfide) groups is 1. The molecular formula is C23H23NO4S2. The summed E-state index contributed by atoms with van der Waals surface area (Å²) >= 11 is 6.56. The Bertz CT molecular complexity index is 943. The molecule has 0 radical (unpaired) electrons. The van der Waals surface area contributed by atoms with Crippen LogP contribution in [-0.4, -0.2) is 34.2 Å². The van der Waals surface area contributed by atoms with Crippen LogP contribution in [0.1, 0.15) is 30.9 Å². The maximum atomic E-state index is 12.7. The normalized spacial score (nSPS) is 15.0. The van der Waals surface area contributed by atoms with Crippen molar-refractivity contribution >= 4 is 46.3 Å². The van der Waals surface area contributed by atoms with Crippen LogP contribution in [0.5, 0.6) is 5.75 Å². The fourth-order valence-electron chi connectivity index (χ4n) is 2.77. The van der Waals surface area contributed by atoms with Gasteiger partial charge < -0.3 is 9.47 Å². The van der Waals surface area contributed by atoms with Crippen LogP contribution in [0.4, 0.5) is 0 Å². The number of ether oxygens (including phenoxy) is 2. The minimum atomic E-state index is -0.321. The van der Waals surface area contributed by atoms with Gasteiger partial charge in [0.1, 0.15) is 16.7 Å². The molecule has 1 fully saturated rings. The lowest BCUT2D eigenvalue weighted by Gasteiger charge is -2.13. The number of rotatable bonds is 9. The van der Waals surface area contributed by atoms with E-state index in [2.05, 4.69) is 0 Å². The number of esters is 1. The smallest absolute Gasteiger partial charge is 0.307 e. The number of carbonyl (C=O) groups excluding carboxylic acids is 2. The highest BCUT2D eigenvalue weighted by Gasteiger charge is 2.32. The van der Waals surface area contributed by atoms with E-state index in [1.54, 1.807) is 6.08 Å². The molecule has 156 valence electrons. The van der Waals surface area contributed by atoms with Gasteiger partial charge in [0.15, 0.2) is 0 Å². The monoisotopic (exact) mass is 441 g/mol. The number of thiocarbonyl (C=S) groups is 1. The highest BCUT2D eigenvalue weighted by atomic mass is 32.2. The largest absolute Gasteiger partial charge is 0.489 e. The molecular weight excluding hydrogens is 418 g/mol. The Morgan fingerprint density at radius 3 is 2.73 bits per heavy atom. The van der Waals surface area contributed by atoms with Crippen molar-refractivity contribution in [1.82, 2.24) is 4.90 Å². The zero-order chi connectivity index (χ0) is 21.3. The zero-order valence-electron chi connectivity index (χ0n) is 16.7. The molecule has 2 aromatic rings. The van der Waals surface area contributed by atoms with Gasteiger partial charge in [-0.05, 0) is 35.8 Å². The summed E-state index contributed by atoms with van der Waals surface area (Å²) in [6.07, 6.45) is 2.69. The van der Waals surface area contributed by atoms with Crippen LogP contribution in [0.3, 0.4) is 0 Å². The van der Waals surface area contributed by atoms with Gasteiger partial charge in [-0.2, -0.15) is 0 Å². The van der Waals surface area contributed by atoms with Gasteiger partial charge >= 0.3 is 5.97 Å². The van der Waals surface area contributed by atoms with Gasteiger partial charge in [-0.1, -0.05) is 73.4 Å². The van der Waals surface area contributed by atoms with Crippen molar-refractivity contribution in [2.24, 2.45) is 0 Å². The molecule has 1 aliphatic heterocycles. The third-order valence-electron chi connectivity index (χ3n) is 4.28. The second-order valence-corrected chi connectivity index (χ2v) is 8.33. The van der Waals surface area contributed by atoms with E-state index in [9.17, 15) is 9.59 Å². The van der Waals surface area contributed by atoms with Crippen LogP contribution in [0.15, 0.2) is 59.5 Å². The van der Waals surface area contributed by atoms with Crippen molar-refractivity contribution in [3.8, 4) is 5.75 Å². The Morgan fingerprint density at radius 1 is 1.17 bits per heavy atom. The molecule has 5 nitrogen and oxygen atoms in total. The van der Waals surface area contributed by atoms with Crippen molar-refractivity contribution in [1.29, 1.82) is 0 Å². The first kappa shape index (κ1) is 22.1. The average molecular weight is 442 g/mol. The van der Waals surface area contributed by atoms with Crippen LogP contribution < -0.4 is 4.74 Å². The second-order valence-electron chi connectivity index (χ2n) is 6.65. The van der Waals surface area contributed by atoms with Crippen molar-refractivity contribution in [3.05, 3.63) is 70.6 Å². The Balaban J connectivity index is 1.61. The van der Waals surface area contributed by atoms with Crippen LogP contribution in [0.25, 0.3) is 6.08 Å². The summed E-state index contributed by atoms with van der Waals surface area (Å²) < 4.78 is 11.4. The number of nitrogens with zero attached hydrogens (tertiary/aromatic N) is 1. The lowest BCUT2D eigenvalue weighted by Crippen LogP contribution is -2.30. The van der Waals surface area contributed by atoms with Crippen LogP contribution >= 0.6 is 24.0 Å². The van der Waals surface area contributed by atoms with Gasteiger partial charge in [0.05, 0.1) is 17.9 Å². The fourth-order valence-corrected chi connectivity index (χ4v) is 4.08. The minimum Gasteiger partial charge on any atom is -0.489 e. The Labute approximate surface area is 186 Å². The van der Waals surface area contributed by atoms with Crippen molar-refractivity contribution < 1.29 is 19.1 Å².